The van der Waals surface area contributed by atoms with Crippen LogP contribution in [0.15, 0.2) is 48.5 Å². The molecule has 0 aromatic heterocycles. The van der Waals surface area contributed by atoms with Gasteiger partial charge in [-0.3, -0.25) is 9.59 Å². The van der Waals surface area contributed by atoms with Crippen molar-refractivity contribution in [2.45, 2.75) is 26.7 Å². The number of hydrogen-bond donors (Lipinski definition) is 2. The summed E-state index contributed by atoms with van der Waals surface area (Å²) in [4.78, 5) is 24.3. The van der Waals surface area contributed by atoms with Gasteiger partial charge in [0, 0.05) is 12.1 Å². The molecule has 0 saturated carbocycles. The van der Waals surface area contributed by atoms with E-state index in [4.69, 9.17) is 4.74 Å². The predicted octanol–water partition coefficient (Wildman–Crippen LogP) is 4.08. The average molecular weight is 326 g/mol. The van der Waals surface area contributed by atoms with Crippen LogP contribution < -0.4 is 15.4 Å². The molecule has 0 atom stereocenters. The number of anilines is 2. The molecule has 0 fully saturated rings. The maximum Gasteiger partial charge on any atom is 0.257 e. The molecule has 2 rings (SSSR count). The van der Waals surface area contributed by atoms with Crippen LogP contribution in [-0.2, 0) is 4.79 Å². The highest BCUT2D eigenvalue weighted by Crippen LogP contribution is 2.20. The van der Waals surface area contributed by atoms with Gasteiger partial charge in [-0.05, 0) is 49.7 Å². The number of benzene rings is 2. The van der Waals surface area contributed by atoms with Gasteiger partial charge in [0.2, 0.25) is 5.91 Å². The lowest BCUT2D eigenvalue weighted by atomic mass is 10.1. The monoisotopic (exact) mass is 326 g/mol. The number of hydrogen-bond acceptors (Lipinski definition) is 3. The van der Waals surface area contributed by atoms with E-state index in [0.29, 0.717) is 30.0 Å². The van der Waals surface area contributed by atoms with E-state index in [1.165, 1.54) is 0 Å². The fourth-order valence-electron chi connectivity index (χ4n) is 2.23. The largest absolute Gasteiger partial charge is 0.494 e. The van der Waals surface area contributed by atoms with E-state index >= 15 is 0 Å². The molecule has 0 unspecified atom stereocenters. The van der Waals surface area contributed by atoms with Crippen LogP contribution in [0.25, 0.3) is 0 Å². The Balaban J connectivity index is 2.10. The number of carbonyl (C=O) groups is 2. The van der Waals surface area contributed by atoms with Crippen LogP contribution in [0, 0.1) is 0 Å². The fourth-order valence-corrected chi connectivity index (χ4v) is 2.23. The Morgan fingerprint density at radius 1 is 0.958 bits per heavy atom. The summed E-state index contributed by atoms with van der Waals surface area (Å²) >= 11 is 0. The normalized spacial score (nSPS) is 10.1. The molecule has 0 radical (unpaired) electrons. The average Bonchev–Trinajstić information content (AvgIpc) is 2.57. The molecule has 0 aliphatic heterocycles. The highest BCUT2D eigenvalue weighted by atomic mass is 16.5. The van der Waals surface area contributed by atoms with Gasteiger partial charge in [-0.15, -0.1) is 0 Å². The molecular formula is C19H22N2O3. The van der Waals surface area contributed by atoms with Crippen LogP contribution >= 0.6 is 0 Å². The number of nitrogens with one attached hydrogen (secondary N) is 2. The summed E-state index contributed by atoms with van der Waals surface area (Å²) in [5.41, 5.74) is 1.60. The SMILES string of the molecule is CCCC(=O)Nc1ccccc1C(=O)Nc1ccc(OCC)cc1. The van der Waals surface area contributed by atoms with Gasteiger partial charge in [0.1, 0.15) is 5.75 Å². The zero-order valence-electron chi connectivity index (χ0n) is 14.0. The molecule has 0 spiro atoms. The van der Waals surface area contributed by atoms with Gasteiger partial charge in [-0.25, -0.2) is 0 Å². The number of para-hydroxylation sites is 1. The quantitative estimate of drug-likeness (QED) is 0.806. The van der Waals surface area contributed by atoms with Crippen molar-refractivity contribution in [3.05, 3.63) is 54.1 Å². The Kier molecular flexibility index (Phi) is 6.37. The molecule has 0 bridgehead atoms. The topological polar surface area (TPSA) is 67.4 Å². The summed E-state index contributed by atoms with van der Waals surface area (Å²) in [5.74, 6) is 0.383. The lowest BCUT2D eigenvalue weighted by Gasteiger charge is -2.11. The Morgan fingerprint density at radius 2 is 1.67 bits per heavy atom. The zero-order chi connectivity index (χ0) is 17.4. The number of carbonyl (C=O) groups excluding carboxylic acids is 2. The fraction of sp³-hybridized carbons (Fsp3) is 0.263. The van der Waals surface area contributed by atoms with Crippen molar-refractivity contribution in [2.75, 3.05) is 17.2 Å². The van der Waals surface area contributed by atoms with E-state index in [2.05, 4.69) is 10.6 Å². The van der Waals surface area contributed by atoms with Crippen LogP contribution in [-0.4, -0.2) is 18.4 Å². The van der Waals surface area contributed by atoms with Gasteiger partial charge in [0.05, 0.1) is 17.9 Å². The Morgan fingerprint density at radius 3 is 2.33 bits per heavy atom. The molecular weight excluding hydrogens is 304 g/mol. The molecule has 24 heavy (non-hydrogen) atoms. The van der Waals surface area contributed by atoms with Crippen molar-refractivity contribution < 1.29 is 14.3 Å². The molecule has 2 aromatic carbocycles. The van der Waals surface area contributed by atoms with Crippen molar-refractivity contribution in [3.63, 3.8) is 0 Å². The minimum atomic E-state index is -0.272. The van der Waals surface area contributed by atoms with Gasteiger partial charge in [-0.2, -0.15) is 0 Å². The Hall–Kier alpha value is -2.82. The van der Waals surface area contributed by atoms with E-state index in [-0.39, 0.29) is 11.8 Å². The molecule has 126 valence electrons. The van der Waals surface area contributed by atoms with Crippen molar-refractivity contribution in [1.29, 1.82) is 0 Å². The van der Waals surface area contributed by atoms with E-state index < -0.39 is 0 Å². The van der Waals surface area contributed by atoms with Gasteiger partial charge in [0.15, 0.2) is 0 Å². The van der Waals surface area contributed by atoms with Gasteiger partial charge >= 0.3 is 0 Å². The van der Waals surface area contributed by atoms with Crippen molar-refractivity contribution >= 4 is 23.2 Å². The third-order valence-corrected chi connectivity index (χ3v) is 3.35. The molecule has 0 aliphatic carbocycles. The molecule has 2 aromatic rings. The van der Waals surface area contributed by atoms with Gasteiger partial charge in [-0.1, -0.05) is 19.1 Å². The summed E-state index contributed by atoms with van der Waals surface area (Å²) in [6, 6.07) is 14.1. The number of ether oxygens (including phenoxy) is 1. The molecule has 0 aliphatic rings. The highest BCUT2D eigenvalue weighted by molar-refractivity contribution is 6.10. The lowest BCUT2D eigenvalue weighted by molar-refractivity contribution is -0.116. The van der Waals surface area contributed by atoms with Crippen LogP contribution in [0.2, 0.25) is 0 Å². The highest BCUT2D eigenvalue weighted by Gasteiger charge is 2.13. The second-order valence-electron chi connectivity index (χ2n) is 5.26. The summed E-state index contributed by atoms with van der Waals surface area (Å²) in [7, 11) is 0. The summed E-state index contributed by atoms with van der Waals surface area (Å²) < 4.78 is 5.38. The molecule has 2 amide bonds. The van der Waals surface area contributed by atoms with Crippen LogP contribution in [0.1, 0.15) is 37.0 Å². The number of amides is 2. The first-order valence-electron chi connectivity index (χ1n) is 8.07. The van der Waals surface area contributed by atoms with E-state index in [1.54, 1.807) is 48.5 Å². The molecule has 2 N–H and O–H groups in total. The summed E-state index contributed by atoms with van der Waals surface area (Å²) in [5, 5.41) is 5.61. The first-order chi connectivity index (χ1) is 11.6. The third kappa shape index (κ3) is 4.84. The van der Waals surface area contributed by atoms with Gasteiger partial charge in [0.25, 0.3) is 5.91 Å². The van der Waals surface area contributed by atoms with Gasteiger partial charge < -0.3 is 15.4 Å². The number of rotatable bonds is 7. The Labute approximate surface area is 142 Å². The second kappa shape index (κ2) is 8.72. The first-order valence-corrected chi connectivity index (χ1v) is 8.07. The minimum Gasteiger partial charge on any atom is -0.494 e. The molecule has 0 heterocycles. The predicted molar refractivity (Wildman–Crippen MR) is 95.5 cm³/mol. The molecule has 0 saturated heterocycles. The second-order valence-corrected chi connectivity index (χ2v) is 5.26. The Bertz CT molecular complexity index is 696. The maximum absolute atomic E-state index is 12.5. The van der Waals surface area contributed by atoms with Crippen molar-refractivity contribution in [2.24, 2.45) is 0 Å². The van der Waals surface area contributed by atoms with Crippen LogP contribution in [0.3, 0.4) is 0 Å². The first kappa shape index (κ1) is 17.5. The summed E-state index contributed by atoms with van der Waals surface area (Å²) in [6.45, 7) is 4.44. The maximum atomic E-state index is 12.5. The van der Waals surface area contributed by atoms with E-state index in [9.17, 15) is 9.59 Å². The standard InChI is InChI=1S/C19H22N2O3/c1-3-7-18(22)21-17-9-6-5-8-16(17)19(23)20-14-10-12-15(13-11-14)24-4-2/h5-6,8-13H,3-4,7H2,1-2H3,(H,20,23)(H,21,22). The zero-order valence-corrected chi connectivity index (χ0v) is 14.0. The third-order valence-electron chi connectivity index (χ3n) is 3.35. The van der Waals surface area contributed by atoms with Crippen molar-refractivity contribution in [1.82, 2.24) is 0 Å². The van der Waals surface area contributed by atoms with Crippen LogP contribution in [0.5, 0.6) is 5.75 Å². The van der Waals surface area contributed by atoms with Crippen molar-refractivity contribution in [3.8, 4) is 5.75 Å². The van der Waals surface area contributed by atoms with Crippen LogP contribution in [0.4, 0.5) is 11.4 Å². The smallest absolute Gasteiger partial charge is 0.257 e. The lowest BCUT2D eigenvalue weighted by Crippen LogP contribution is -2.17. The minimum absolute atomic E-state index is 0.0983. The van der Waals surface area contributed by atoms with E-state index in [0.717, 1.165) is 12.2 Å². The van der Waals surface area contributed by atoms with E-state index in [1.807, 2.05) is 13.8 Å². The molecule has 5 nitrogen and oxygen atoms in total. The summed E-state index contributed by atoms with van der Waals surface area (Å²) in [6.07, 6.45) is 1.18. The molecule has 5 heteroatoms.